The summed E-state index contributed by atoms with van der Waals surface area (Å²) in [6.45, 7) is 2.72. The fraction of sp³-hybridized carbons (Fsp3) is 0.263. The molecular weight excluding hydrogens is 352 g/mol. The van der Waals surface area contributed by atoms with Crippen LogP contribution in [0.2, 0.25) is 0 Å². The number of nitrogens with one attached hydrogen (secondary N) is 2. The summed E-state index contributed by atoms with van der Waals surface area (Å²) in [6.07, 6.45) is 1.86. The van der Waals surface area contributed by atoms with E-state index >= 15 is 0 Å². The average Bonchev–Trinajstić information content (AvgIpc) is 3.10. The van der Waals surface area contributed by atoms with Crippen molar-refractivity contribution in [2.45, 2.75) is 19.8 Å². The molecule has 0 saturated heterocycles. The van der Waals surface area contributed by atoms with Gasteiger partial charge in [-0.1, -0.05) is 13.3 Å². The summed E-state index contributed by atoms with van der Waals surface area (Å²) in [5.74, 6) is 1.09. The average molecular weight is 372 g/mol. The fourth-order valence-corrected chi connectivity index (χ4v) is 2.59. The molecule has 3 rings (SSSR count). The lowest BCUT2D eigenvalue weighted by molar-refractivity contribution is 0.0500. The van der Waals surface area contributed by atoms with E-state index in [2.05, 4.69) is 17.6 Å². The number of carbonyl (C=O) groups excluding carboxylic acids is 1. The third-order valence-electron chi connectivity index (χ3n) is 3.74. The first-order valence-electron chi connectivity index (χ1n) is 8.40. The van der Waals surface area contributed by atoms with E-state index in [1.54, 1.807) is 24.3 Å². The van der Waals surface area contributed by atoms with Crippen LogP contribution in [0.4, 0.5) is 11.4 Å². The smallest absolute Gasteiger partial charge is 0.338 e. The van der Waals surface area contributed by atoms with Crippen LogP contribution in [0.15, 0.2) is 42.5 Å². The van der Waals surface area contributed by atoms with E-state index in [-0.39, 0.29) is 12.8 Å². The maximum atomic E-state index is 11.9. The van der Waals surface area contributed by atoms with Crippen LogP contribution in [0.1, 0.15) is 30.1 Å². The maximum Gasteiger partial charge on any atom is 0.338 e. The molecule has 0 amide bonds. The molecule has 2 aromatic carbocycles. The van der Waals surface area contributed by atoms with E-state index in [1.807, 2.05) is 18.2 Å². The van der Waals surface area contributed by atoms with Crippen molar-refractivity contribution in [1.82, 2.24) is 0 Å². The third kappa shape index (κ3) is 4.64. The Labute approximate surface area is 157 Å². The predicted molar refractivity (Wildman–Crippen MR) is 104 cm³/mol. The second-order valence-corrected chi connectivity index (χ2v) is 6.12. The largest absolute Gasteiger partial charge is 0.462 e. The number of anilines is 2. The first-order valence-corrected chi connectivity index (χ1v) is 8.81. The Morgan fingerprint density at radius 3 is 2.54 bits per heavy atom. The molecule has 0 unspecified atom stereocenters. The molecule has 7 heteroatoms. The van der Waals surface area contributed by atoms with E-state index in [4.69, 9.17) is 26.4 Å². The number of carbonyl (C=O) groups is 1. The SMILES string of the molecule is CCCCOC(=O)c1ccc(NC(=S)Nc2ccc3c(c2)OCO3)cc1. The van der Waals surface area contributed by atoms with Crippen molar-refractivity contribution in [3.05, 3.63) is 48.0 Å². The molecule has 0 fully saturated rings. The molecule has 0 bridgehead atoms. The molecule has 0 aliphatic carbocycles. The number of unbranched alkanes of at least 4 members (excludes halogenated alkanes) is 1. The van der Waals surface area contributed by atoms with Gasteiger partial charge in [0.25, 0.3) is 0 Å². The van der Waals surface area contributed by atoms with E-state index in [0.717, 1.165) is 30.0 Å². The summed E-state index contributed by atoms with van der Waals surface area (Å²) in [5.41, 5.74) is 2.08. The van der Waals surface area contributed by atoms with Crippen LogP contribution < -0.4 is 20.1 Å². The van der Waals surface area contributed by atoms with Crippen molar-refractivity contribution < 1.29 is 19.0 Å². The Morgan fingerprint density at radius 2 is 1.77 bits per heavy atom. The zero-order valence-corrected chi connectivity index (χ0v) is 15.2. The van der Waals surface area contributed by atoms with Crippen molar-refractivity contribution in [1.29, 1.82) is 0 Å². The standard InChI is InChI=1S/C19H20N2O4S/c1-2-3-10-23-18(22)13-4-6-14(7-5-13)20-19(26)21-15-8-9-16-17(11-15)25-12-24-16/h4-9,11H,2-3,10,12H2,1H3,(H2,20,21,26). The zero-order valence-electron chi connectivity index (χ0n) is 14.4. The summed E-state index contributed by atoms with van der Waals surface area (Å²) in [4.78, 5) is 11.9. The van der Waals surface area contributed by atoms with Crippen molar-refractivity contribution in [3.63, 3.8) is 0 Å². The number of ether oxygens (including phenoxy) is 3. The first kappa shape index (κ1) is 18.0. The number of thiocarbonyl (C=S) groups is 1. The van der Waals surface area contributed by atoms with Crippen LogP contribution >= 0.6 is 12.2 Å². The van der Waals surface area contributed by atoms with Crippen LogP contribution in [0, 0.1) is 0 Å². The molecule has 2 N–H and O–H groups in total. The van der Waals surface area contributed by atoms with Gasteiger partial charge in [0.05, 0.1) is 12.2 Å². The van der Waals surface area contributed by atoms with Crippen LogP contribution in [-0.2, 0) is 4.74 Å². The lowest BCUT2D eigenvalue weighted by atomic mass is 10.2. The summed E-state index contributed by atoms with van der Waals surface area (Å²) >= 11 is 5.32. The van der Waals surface area contributed by atoms with Gasteiger partial charge in [-0.3, -0.25) is 0 Å². The van der Waals surface area contributed by atoms with Gasteiger partial charge in [-0.05, 0) is 55.0 Å². The van der Waals surface area contributed by atoms with Crippen LogP contribution in [0.5, 0.6) is 11.5 Å². The Kier molecular flexibility index (Phi) is 5.91. The number of hydrogen-bond acceptors (Lipinski definition) is 5. The molecule has 6 nitrogen and oxygen atoms in total. The molecule has 1 aliphatic rings. The zero-order chi connectivity index (χ0) is 18.4. The summed E-state index contributed by atoms with van der Waals surface area (Å²) in [6, 6.07) is 12.5. The Morgan fingerprint density at radius 1 is 1.08 bits per heavy atom. The summed E-state index contributed by atoms with van der Waals surface area (Å²) in [5, 5.41) is 6.59. The van der Waals surface area contributed by atoms with Gasteiger partial charge in [0, 0.05) is 17.4 Å². The molecule has 0 atom stereocenters. The number of esters is 1. The van der Waals surface area contributed by atoms with Crippen LogP contribution in [-0.4, -0.2) is 24.5 Å². The molecule has 26 heavy (non-hydrogen) atoms. The number of benzene rings is 2. The summed E-state index contributed by atoms with van der Waals surface area (Å²) in [7, 11) is 0. The van der Waals surface area contributed by atoms with Gasteiger partial charge in [0.2, 0.25) is 6.79 Å². The molecule has 0 spiro atoms. The highest BCUT2D eigenvalue weighted by Gasteiger charge is 2.13. The number of fused-ring (bicyclic) bond motifs is 1. The molecule has 136 valence electrons. The fourth-order valence-electron chi connectivity index (χ4n) is 2.35. The molecule has 0 saturated carbocycles. The highest BCUT2D eigenvalue weighted by atomic mass is 32.1. The molecule has 2 aromatic rings. The first-order chi connectivity index (χ1) is 12.7. The molecule has 1 aliphatic heterocycles. The molecule has 0 aromatic heterocycles. The summed E-state index contributed by atoms with van der Waals surface area (Å²) < 4.78 is 15.8. The minimum absolute atomic E-state index is 0.231. The number of rotatable bonds is 6. The second-order valence-electron chi connectivity index (χ2n) is 5.71. The molecular formula is C19H20N2O4S. The van der Waals surface area contributed by atoms with E-state index in [1.165, 1.54) is 0 Å². The van der Waals surface area contributed by atoms with Gasteiger partial charge in [-0.15, -0.1) is 0 Å². The lowest BCUT2D eigenvalue weighted by Crippen LogP contribution is -2.19. The van der Waals surface area contributed by atoms with Gasteiger partial charge < -0.3 is 24.8 Å². The monoisotopic (exact) mass is 372 g/mol. The van der Waals surface area contributed by atoms with Gasteiger partial charge >= 0.3 is 5.97 Å². The van der Waals surface area contributed by atoms with Crippen LogP contribution in [0.25, 0.3) is 0 Å². The van der Waals surface area contributed by atoms with Crippen molar-refractivity contribution in [2.75, 3.05) is 24.0 Å². The van der Waals surface area contributed by atoms with Gasteiger partial charge in [0.1, 0.15) is 0 Å². The van der Waals surface area contributed by atoms with Crippen molar-refractivity contribution in [3.8, 4) is 11.5 Å². The number of hydrogen-bond donors (Lipinski definition) is 2. The van der Waals surface area contributed by atoms with E-state index < -0.39 is 0 Å². The lowest BCUT2D eigenvalue weighted by Gasteiger charge is -2.11. The quantitative estimate of drug-likeness (QED) is 0.448. The highest BCUT2D eigenvalue weighted by Crippen LogP contribution is 2.34. The highest BCUT2D eigenvalue weighted by molar-refractivity contribution is 7.80. The Balaban J connectivity index is 1.53. The van der Waals surface area contributed by atoms with Gasteiger partial charge in [-0.2, -0.15) is 0 Å². The van der Waals surface area contributed by atoms with Crippen molar-refractivity contribution >= 4 is 34.7 Å². The Hall–Kier alpha value is -2.80. The van der Waals surface area contributed by atoms with Crippen molar-refractivity contribution in [2.24, 2.45) is 0 Å². The third-order valence-corrected chi connectivity index (χ3v) is 3.94. The molecule has 0 radical (unpaired) electrons. The normalized spacial score (nSPS) is 11.7. The van der Waals surface area contributed by atoms with E-state index in [9.17, 15) is 4.79 Å². The van der Waals surface area contributed by atoms with Crippen LogP contribution in [0.3, 0.4) is 0 Å². The minimum atomic E-state index is -0.314. The van der Waals surface area contributed by atoms with Gasteiger partial charge in [-0.25, -0.2) is 4.79 Å². The van der Waals surface area contributed by atoms with E-state index in [0.29, 0.717) is 23.0 Å². The topological polar surface area (TPSA) is 68.8 Å². The van der Waals surface area contributed by atoms with Gasteiger partial charge in [0.15, 0.2) is 16.6 Å². The maximum absolute atomic E-state index is 11.9. The minimum Gasteiger partial charge on any atom is -0.462 e. The Bertz CT molecular complexity index is 793. The second kappa shape index (κ2) is 8.53. The molecule has 1 heterocycles. The predicted octanol–water partition coefficient (Wildman–Crippen LogP) is 4.18.